The molecule has 0 bridgehead atoms. The summed E-state index contributed by atoms with van der Waals surface area (Å²) in [5.74, 6) is -0.225. The van der Waals surface area contributed by atoms with Crippen LogP contribution in [-0.2, 0) is 0 Å². The van der Waals surface area contributed by atoms with Gasteiger partial charge in [0.1, 0.15) is 11.9 Å². The number of alkyl halides is 3. The molecule has 160 valence electrons. The van der Waals surface area contributed by atoms with E-state index in [1.807, 2.05) is 0 Å². The fraction of sp³-hybridized carbons (Fsp3) is 0.222. The SMILES string of the molecule is COc1cc(NC(=S)N[C@H](NC(=O)c2ccccc2C)C(Cl)(Cl)Cl)cc([N+](=O)[O-])c1. The molecule has 0 saturated heterocycles. The molecule has 0 unspecified atom stereocenters. The number of hydrogen-bond donors (Lipinski definition) is 3. The van der Waals surface area contributed by atoms with Gasteiger partial charge in [-0.1, -0.05) is 53.0 Å². The monoisotopic (exact) mass is 490 g/mol. The van der Waals surface area contributed by atoms with Crippen LogP contribution in [0.25, 0.3) is 0 Å². The van der Waals surface area contributed by atoms with Gasteiger partial charge in [-0.15, -0.1) is 0 Å². The molecule has 1 atom stereocenters. The molecular formula is C18H17Cl3N4O4S. The predicted molar refractivity (Wildman–Crippen MR) is 122 cm³/mol. The first kappa shape index (κ1) is 23.9. The van der Waals surface area contributed by atoms with Gasteiger partial charge in [-0.3, -0.25) is 14.9 Å². The molecule has 1 amide bonds. The van der Waals surface area contributed by atoms with Crippen LogP contribution in [0.5, 0.6) is 5.75 Å². The smallest absolute Gasteiger partial charge is 0.275 e. The van der Waals surface area contributed by atoms with Crippen LogP contribution >= 0.6 is 47.0 Å². The van der Waals surface area contributed by atoms with Crippen molar-refractivity contribution in [2.75, 3.05) is 12.4 Å². The number of non-ortho nitro benzene ring substituents is 1. The van der Waals surface area contributed by atoms with Crippen molar-refractivity contribution in [2.45, 2.75) is 16.9 Å². The highest BCUT2D eigenvalue weighted by atomic mass is 35.6. The minimum absolute atomic E-state index is 0.0426. The topological polar surface area (TPSA) is 106 Å². The highest BCUT2D eigenvalue weighted by molar-refractivity contribution is 7.80. The molecule has 2 aromatic rings. The van der Waals surface area contributed by atoms with Gasteiger partial charge in [-0.25, -0.2) is 0 Å². The molecular weight excluding hydrogens is 475 g/mol. The van der Waals surface area contributed by atoms with Gasteiger partial charge in [0, 0.05) is 17.7 Å². The average Bonchev–Trinajstić information content (AvgIpc) is 2.66. The molecule has 0 aliphatic carbocycles. The number of carbonyl (C=O) groups excluding carboxylic acids is 1. The number of nitro benzene ring substituents is 1. The number of nitro groups is 1. The Morgan fingerprint density at radius 2 is 1.87 bits per heavy atom. The lowest BCUT2D eigenvalue weighted by Gasteiger charge is -2.28. The van der Waals surface area contributed by atoms with Gasteiger partial charge in [0.05, 0.1) is 23.8 Å². The summed E-state index contributed by atoms with van der Waals surface area (Å²) in [5, 5.41) is 19.0. The van der Waals surface area contributed by atoms with Crippen LogP contribution in [-0.4, -0.2) is 33.0 Å². The van der Waals surface area contributed by atoms with E-state index in [-0.39, 0.29) is 22.2 Å². The quantitative estimate of drug-likeness (QED) is 0.182. The number of nitrogens with one attached hydrogen (secondary N) is 3. The zero-order valence-electron chi connectivity index (χ0n) is 15.7. The molecule has 0 aliphatic rings. The summed E-state index contributed by atoms with van der Waals surface area (Å²) < 4.78 is 3.09. The van der Waals surface area contributed by atoms with Crippen molar-refractivity contribution in [1.29, 1.82) is 0 Å². The van der Waals surface area contributed by atoms with Crippen molar-refractivity contribution in [3.63, 3.8) is 0 Å². The maximum atomic E-state index is 12.6. The van der Waals surface area contributed by atoms with Gasteiger partial charge in [0.15, 0.2) is 5.11 Å². The number of halogens is 3. The molecule has 12 heteroatoms. The summed E-state index contributed by atoms with van der Waals surface area (Å²) in [6, 6.07) is 10.9. The van der Waals surface area contributed by atoms with E-state index in [0.717, 1.165) is 5.56 Å². The lowest BCUT2D eigenvalue weighted by molar-refractivity contribution is -0.384. The molecule has 30 heavy (non-hydrogen) atoms. The molecule has 2 rings (SSSR count). The summed E-state index contributed by atoms with van der Waals surface area (Å²) in [4.78, 5) is 23.1. The first-order valence-electron chi connectivity index (χ1n) is 8.35. The number of carbonyl (C=O) groups is 1. The minimum Gasteiger partial charge on any atom is -0.496 e. The molecule has 0 spiro atoms. The van der Waals surface area contributed by atoms with Crippen LogP contribution in [0.4, 0.5) is 11.4 Å². The second-order valence-corrected chi connectivity index (χ2v) is 8.82. The summed E-state index contributed by atoms with van der Waals surface area (Å²) in [6.45, 7) is 1.77. The van der Waals surface area contributed by atoms with E-state index in [2.05, 4.69) is 16.0 Å². The number of rotatable bonds is 6. The van der Waals surface area contributed by atoms with Crippen LogP contribution in [0.1, 0.15) is 15.9 Å². The van der Waals surface area contributed by atoms with Crippen molar-refractivity contribution in [2.24, 2.45) is 0 Å². The Balaban J connectivity index is 2.16. The predicted octanol–water partition coefficient (Wildman–Crippen LogP) is 4.32. The van der Waals surface area contributed by atoms with Crippen molar-refractivity contribution in [3.05, 3.63) is 63.7 Å². The maximum absolute atomic E-state index is 12.6. The zero-order chi connectivity index (χ0) is 22.5. The van der Waals surface area contributed by atoms with E-state index < -0.39 is 20.8 Å². The normalized spacial score (nSPS) is 11.9. The van der Waals surface area contributed by atoms with Crippen molar-refractivity contribution in [3.8, 4) is 5.75 Å². The van der Waals surface area contributed by atoms with Crippen LogP contribution in [0.2, 0.25) is 0 Å². The molecule has 2 aromatic carbocycles. The van der Waals surface area contributed by atoms with Crippen LogP contribution in [0.15, 0.2) is 42.5 Å². The standard InChI is InChI=1S/C18H17Cl3N4O4S/c1-10-5-3-4-6-14(10)15(26)23-16(18(19,20)21)24-17(30)22-11-7-12(25(27)28)9-13(8-11)29-2/h3-9,16H,1-2H3,(H,23,26)(H2,22,24,30)/t16-/m0/s1. The number of hydrogen-bond acceptors (Lipinski definition) is 5. The number of anilines is 1. The van der Waals surface area contributed by atoms with Gasteiger partial charge in [0.25, 0.3) is 11.6 Å². The maximum Gasteiger partial charge on any atom is 0.275 e. The number of thiocarbonyl (C=S) groups is 1. The highest BCUT2D eigenvalue weighted by Crippen LogP contribution is 2.30. The number of benzene rings is 2. The molecule has 0 aliphatic heterocycles. The molecule has 0 fully saturated rings. The lowest BCUT2D eigenvalue weighted by Crippen LogP contribution is -2.56. The van der Waals surface area contributed by atoms with E-state index in [9.17, 15) is 14.9 Å². The lowest BCUT2D eigenvalue weighted by atomic mass is 10.1. The summed E-state index contributed by atoms with van der Waals surface area (Å²) >= 11 is 23.2. The van der Waals surface area contributed by atoms with Gasteiger partial charge in [0.2, 0.25) is 3.79 Å². The fourth-order valence-electron chi connectivity index (χ4n) is 2.41. The fourth-order valence-corrected chi connectivity index (χ4v) is 2.98. The van der Waals surface area contributed by atoms with E-state index in [1.165, 1.54) is 25.3 Å². The van der Waals surface area contributed by atoms with Crippen LogP contribution < -0.4 is 20.7 Å². The van der Waals surface area contributed by atoms with Crippen LogP contribution in [0.3, 0.4) is 0 Å². The third-order valence-corrected chi connectivity index (χ3v) is 4.74. The van der Waals surface area contributed by atoms with E-state index in [1.54, 1.807) is 31.2 Å². The number of nitrogens with zero attached hydrogens (tertiary/aromatic N) is 1. The van der Waals surface area contributed by atoms with Gasteiger partial charge >= 0.3 is 0 Å². The first-order chi connectivity index (χ1) is 14.0. The molecule has 0 saturated carbocycles. The highest BCUT2D eigenvalue weighted by Gasteiger charge is 2.35. The van der Waals surface area contributed by atoms with Crippen LogP contribution in [0, 0.1) is 17.0 Å². The van der Waals surface area contributed by atoms with Crippen molar-refractivity contribution in [1.82, 2.24) is 10.6 Å². The molecule has 3 N–H and O–H groups in total. The Kier molecular flexibility index (Phi) is 8.08. The Morgan fingerprint density at radius 3 is 2.43 bits per heavy atom. The molecule has 8 nitrogen and oxygen atoms in total. The second kappa shape index (κ2) is 10.1. The number of methoxy groups -OCH3 is 1. The first-order valence-corrected chi connectivity index (χ1v) is 9.89. The number of amides is 1. The Bertz CT molecular complexity index is 969. The largest absolute Gasteiger partial charge is 0.496 e. The second-order valence-electron chi connectivity index (χ2n) is 6.04. The summed E-state index contributed by atoms with van der Waals surface area (Å²) in [7, 11) is 1.37. The third-order valence-electron chi connectivity index (χ3n) is 3.86. The number of ether oxygens (including phenoxy) is 1. The van der Waals surface area contributed by atoms with Crippen molar-refractivity contribution >= 4 is 69.4 Å². The van der Waals surface area contributed by atoms with E-state index in [0.29, 0.717) is 5.56 Å². The summed E-state index contributed by atoms with van der Waals surface area (Å²) in [6.07, 6.45) is -1.20. The molecule has 0 aromatic heterocycles. The minimum atomic E-state index is -1.95. The Hall–Kier alpha value is -2.33. The average molecular weight is 492 g/mol. The molecule has 0 heterocycles. The Labute approximate surface area is 193 Å². The molecule has 0 radical (unpaired) electrons. The number of aryl methyl sites for hydroxylation is 1. The Morgan fingerprint density at radius 1 is 1.20 bits per heavy atom. The van der Waals surface area contributed by atoms with Gasteiger partial charge < -0.3 is 20.7 Å². The third kappa shape index (κ3) is 6.60. The zero-order valence-corrected chi connectivity index (χ0v) is 18.8. The van der Waals surface area contributed by atoms with Gasteiger partial charge in [-0.05, 0) is 30.8 Å². The van der Waals surface area contributed by atoms with E-state index >= 15 is 0 Å². The van der Waals surface area contributed by atoms with Crippen molar-refractivity contribution < 1.29 is 14.5 Å². The summed E-state index contributed by atoms with van der Waals surface area (Å²) in [5.41, 5.74) is 1.21. The van der Waals surface area contributed by atoms with E-state index in [4.69, 9.17) is 51.8 Å². The van der Waals surface area contributed by atoms with Gasteiger partial charge in [-0.2, -0.15) is 0 Å².